The van der Waals surface area contributed by atoms with E-state index in [0.717, 1.165) is 59.9 Å². The first-order chi connectivity index (χ1) is 21.8. The molecule has 0 N–H and O–H groups in total. The van der Waals surface area contributed by atoms with Gasteiger partial charge in [0.05, 0.1) is 22.1 Å². The van der Waals surface area contributed by atoms with Crippen LogP contribution in [0.25, 0.3) is 88.1 Å². The highest BCUT2D eigenvalue weighted by molar-refractivity contribution is 6.24. The lowest BCUT2D eigenvalue weighted by Gasteiger charge is -2.05. The summed E-state index contributed by atoms with van der Waals surface area (Å²) in [6, 6.07) is 49.2. The van der Waals surface area contributed by atoms with Crippen LogP contribution < -0.4 is 0 Å². The second-order valence-electron chi connectivity index (χ2n) is 11.3. The topological polar surface area (TPSA) is 47.5 Å². The number of benzene rings is 6. The van der Waals surface area contributed by atoms with Crippen molar-refractivity contribution >= 4 is 76.7 Å². The lowest BCUT2D eigenvalue weighted by Crippen LogP contribution is -2.01. The Bertz CT molecular complexity index is 2650. The third-order valence-corrected chi connectivity index (χ3v) is 8.94. The normalized spacial score (nSPS) is 12.1. The Morgan fingerprint density at radius 1 is 0.318 bits per heavy atom. The molecule has 5 nitrogen and oxygen atoms in total. The predicted octanol–water partition coefficient (Wildman–Crippen LogP) is 9.53. The molecule has 0 saturated heterocycles. The minimum absolute atomic E-state index is 0.593. The van der Waals surface area contributed by atoms with Crippen molar-refractivity contribution in [1.82, 2.24) is 23.8 Å². The molecule has 10 aromatic rings. The minimum Gasteiger partial charge on any atom is -0.277 e. The fourth-order valence-corrected chi connectivity index (χ4v) is 7.11. The summed E-state index contributed by atoms with van der Waals surface area (Å²) in [7, 11) is 0. The van der Waals surface area contributed by atoms with Gasteiger partial charge in [-0.1, -0.05) is 127 Å². The predicted molar refractivity (Wildman–Crippen MR) is 181 cm³/mol. The Kier molecular flexibility index (Phi) is 4.66. The Morgan fingerprint density at radius 2 is 0.705 bits per heavy atom. The van der Waals surface area contributed by atoms with E-state index in [1.807, 2.05) is 18.2 Å². The van der Waals surface area contributed by atoms with Gasteiger partial charge in [-0.2, -0.15) is 15.0 Å². The van der Waals surface area contributed by atoms with Gasteiger partial charge in [0, 0.05) is 37.9 Å². The molecule has 5 heteroatoms. The van der Waals surface area contributed by atoms with Crippen LogP contribution in [-0.4, -0.2) is 23.8 Å². The van der Waals surface area contributed by atoms with Crippen molar-refractivity contribution in [2.24, 2.45) is 0 Å². The van der Waals surface area contributed by atoms with Crippen LogP contribution in [0.3, 0.4) is 0 Å². The van der Waals surface area contributed by atoms with Crippen molar-refractivity contribution in [3.8, 4) is 11.4 Å². The molecule has 0 aliphatic carbocycles. The lowest BCUT2D eigenvalue weighted by molar-refractivity contribution is 1.06. The van der Waals surface area contributed by atoms with Crippen molar-refractivity contribution < 1.29 is 0 Å². The molecule has 204 valence electrons. The summed E-state index contributed by atoms with van der Waals surface area (Å²) in [5, 5.41) is 9.26. The number of nitrogens with zero attached hydrogens (tertiary/aromatic N) is 5. The van der Waals surface area contributed by atoms with Gasteiger partial charge in [-0.25, -0.2) is 0 Å². The van der Waals surface area contributed by atoms with Crippen LogP contribution in [0.1, 0.15) is 0 Å². The van der Waals surface area contributed by atoms with E-state index in [1.165, 1.54) is 10.8 Å². The maximum absolute atomic E-state index is 5.32. The highest BCUT2D eigenvalue weighted by Crippen LogP contribution is 2.38. The fraction of sp³-hybridized carbons (Fsp3) is 0. The van der Waals surface area contributed by atoms with Crippen molar-refractivity contribution in [1.29, 1.82) is 0 Å². The molecular formula is C39H23N5. The van der Waals surface area contributed by atoms with E-state index in [2.05, 4.69) is 130 Å². The summed E-state index contributed by atoms with van der Waals surface area (Å²) < 4.78 is 4.46. The van der Waals surface area contributed by atoms with E-state index < -0.39 is 0 Å². The van der Waals surface area contributed by atoms with E-state index in [-0.39, 0.29) is 0 Å². The number of hydrogen-bond donors (Lipinski definition) is 0. The van der Waals surface area contributed by atoms with Gasteiger partial charge in [0.2, 0.25) is 11.6 Å². The molecule has 0 aliphatic heterocycles. The number of para-hydroxylation sites is 4. The standard InChI is InChI=1S/C39H23N5/c1-2-12-24(13-3-1)37-40-38-42-39(41-37)44-34-23-9-7-17-28(34)32-21-11-19-30(36(32)44)26-15-5-4-14-25(26)29-18-10-20-31-27-16-6-8-22-33(27)43(38)35(29)31/h1-23H. The first kappa shape index (κ1) is 23.5. The number of fused-ring (bicyclic) bond motifs is 13. The van der Waals surface area contributed by atoms with Crippen LogP contribution >= 0.6 is 0 Å². The maximum atomic E-state index is 5.32. The maximum Gasteiger partial charge on any atom is 0.240 e. The van der Waals surface area contributed by atoms with Crippen molar-refractivity contribution in [2.45, 2.75) is 0 Å². The summed E-state index contributed by atoms with van der Waals surface area (Å²) in [5.74, 6) is 1.82. The minimum atomic E-state index is 0.593. The van der Waals surface area contributed by atoms with Crippen LogP contribution in [0, 0.1) is 0 Å². The van der Waals surface area contributed by atoms with Crippen molar-refractivity contribution in [3.63, 3.8) is 0 Å². The molecule has 6 aromatic carbocycles. The van der Waals surface area contributed by atoms with Crippen LogP contribution in [0.4, 0.5) is 0 Å². The molecule has 44 heavy (non-hydrogen) atoms. The third-order valence-electron chi connectivity index (χ3n) is 8.94. The van der Waals surface area contributed by atoms with E-state index in [4.69, 9.17) is 15.0 Å². The van der Waals surface area contributed by atoms with Gasteiger partial charge in [0.1, 0.15) is 0 Å². The van der Waals surface area contributed by atoms with Gasteiger partial charge < -0.3 is 0 Å². The summed E-state index contributed by atoms with van der Waals surface area (Å²) >= 11 is 0. The molecule has 4 heterocycles. The van der Waals surface area contributed by atoms with Gasteiger partial charge in [0.25, 0.3) is 0 Å². The third kappa shape index (κ3) is 3.10. The van der Waals surface area contributed by atoms with E-state index in [1.54, 1.807) is 0 Å². The van der Waals surface area contributed by atoms with Crippen LogP contribution in [0.2, 0.25) is 0 Å². The Morgan fingerprint density at radius 3 is 1.20 bits per heavy atom. The first-order valence-electron chi connectivity index (χ1n) is 14.8. The van der Waals surface area contributed by atoms with E-state index in [0.29, 0.717) is 17.4 Å². The number of hydrogen-bond acceptors (Lipinski definition) is 3. The Hall–Kier alpha value is -6.07. The van der Waals surface area contributed by atoms with Gasteiger partial charge in [0.15, 0.2) is 5.82 Å². The largest absolute Gasteiger partial charge is 0.277 e. The molecule has 0 unspecified atom stereocenters. The zero-order chi connectivity index (χ0) is 28.8. The summed E-state index contributed by atoms with van der Waals surface area (Å²) in [6.07, 6.45) is 0. The SMILES string of the molecule is c1ccc(-c2nc3nc(n2)n2c4ccccc4c4cccc(c5ccccc5c5cccc6c7ccccc7n3c56)c42)cc1. The second-order valence-corrected chi connectivity index (χ2v) is 11.3. The van der Waals surface area contributed by atoms with Crippen LogP contribution in [-0.2, 0) is 0 Å². The summed E-state index contributed by atoms with van der Waals surface area (Å²) in [5.41, 5.74) is 5.23. The summed E-state index contributed by atoms with van der Waals surface area (Å²) in [6.45, 7) is 0. The van der Waals surface area contributed by atoms with Gasteiger partial charge in [-0.3, -0.25) is 8.80 Å². The molecule has 4 aromatic heterocycles. The van der Waals surface area contributed by atoms with Gasteiger partial charge in [-0.15, -0.1) is 0 Å². The molecule has 0 spiro atoms. The number of rotatable bonds is 1. The average molecular weight is 562 g/mol. The molecule has 0 aliphatic rings. The molecule has 0 radical (unpaired) electrons. The molecule has 0 amide bonds. The van der Waals surface area contributed by atoms with Crippen LogP contribution in [0.15, 0.2) is 140 Å². The van der Waals surface area contributed by atoms with Crippen LogP contribution in [0.5, 0.6) is 0 Å². The molecule has 0 atom stereocenters. The van der Waals surface area contributed by atoms with Gasteiger partial charge >= 0.3 is 0 Å². The second kappa shape index (κ2) is 8.72. The Labute approximate surface area is 250 Å². The summed E-state index contributed by atoms with van der Waals surface area (Å²) in [4.78, 5) is 15.7. The lowest BCUT2D eigenvalue weighted by atomic mass is 10.0. The Balaban J connectivity index is 1.65. The average Bonchev–Trinajstić information content (AvgIpc) is 3.61. The quantitative estimate of drug-likeness (QED) is 0.201. The van der Waals surface area contributed by atoms with Gasteiger partial charge in [-0.05, 0) is 22.9 Å². The fourth-order valence-electron chi connectivity index (χ4n) is 7.11. The smallest absolute Gasteiger partial charge is 0.240 e. The zero-order valence-electron chi connectivity index (χ0n) is 23.5. The number of aromatic nitrogens is 5. The molecule has 0 saturated carbocycles. The van der Waals surface area contributed by atoms with E-state index in [9.17, 15) is 0 Å². The van der Waals surface area contributed by atoms with E-state index >= 15 is 0 Å². The highest BCUT2D eigenvalue weighted by Gasteiger charge is 2.18. The first-order valence-corrected chi connectivity index (χ1v) is 14.8. The highest BCUT2D eigenvalue weighted by atomic mass is 15.2. The van der Waals surface area contributed by atoms with Crippen molar-refractivity contribution in [3.05, 3.63) is 140 Å². The molecular weight excluding hydrogens is 538 g/mol. The molecule has 0 fully saturated rings. The molecule has 10 rings (SSSR count). The monoisotopic (exact) mass is 561 g/mol. The zero-order valence-corrected chi connectivity index (χ0v) is 23.5. The van der Waals surface area contributed by atoms with Crippen molar-refractivity contribution in [2.75, 3.05) is 0 Å². The molecule has 2 bridgehead atoms.